The molecule has 1 aromatic heterocycles. The minimum atomic E-state index is -0.888. The van der Waals surface area contributed by atoms with Gasteiger partial charge in [-0.2, -0.15) is 0 Å². The van der Waals surface area contributed by atoms with Crippen LogP contribution in [0.25, 0.3) is 0 Å². The molecular weight excluding hydrogens is 995 g/mol. The van der Waals surface area contributed by atoms with Crippen molar-refractivity contribution in [2.24, 2.45) is 11.8 Å². The highest BCUT2D eigenvalue weighted by atomic mass is 32.1. The smallest absolute Gasteiger partial charge is 0.426 e. The number of aromatic nitrogens is 1. The number of thiazole rings is 1. The minimum absolute atomic E-state index is 0.0337. The maximum Gasteiger partial charge on any atom is 0.426 e. The first-order chi connectivity index (χ1) is 36.6. The van der Waals surface area contributed by atoms with E-state index in [1.54, 1.807) is 5.38 Å². The summed E-state index contributed by atoms with van der Waals surface area (Å²) in [6, 6.07) is 5.84. The number of piperidine rings is 1. The number of nitrogens with one attached hydrogen (secondary N) is 5. The molecular formula is C55H83N9O11S. The number of imide groups is 1. The number of hydrogen-bond acceptors (Lipinski definition) is 14. The van der Waals surface area contributed by atoms with Crippen LogP contribution in [0.2, 0.25) is 0 Å². The van der Waals surface area contributed by atoms with Gasteiger partial charge >= 0.3 is 6.09 Å². The average Bonchev–Trinajstić information content (AvgIpc) is 4.03. The van der Waals surface area contributed by atoms with E-state index in [-0.39, 0.29) is 91.9 Å². The van der Waals surface area contributed by atoms with E-state index >= 15 is 0 Å². The summed E-state index contributed by atoms with van der Waals surface area (Å²) in [5.41, 5.74) is 6.64. The maximum absolute atomic E-state index is 14.8. The minimum Gasteiger partial charge on any atom is -0.446 e. The number of ether oxygens (including phenoxy) is 3. The second kappa shape index (κ2) is 31.5. The molecule has 1 aromatic carbocycles. The van der Waals surface area contributed by atoms with Gasteiger partial charge in [-0.05, 0) is 87.9 Å². The third-order valence-corrected chi connectivity index (χ3v) is 15.3. The average molecular weight is 1080 g/mol. The fourth-order valence-corrected chi connectivity index (χ4v) is 10.8. The van der Waals surface area contributed by atoms with Gasteiger partial charge in [0, 0.05) is 68.7 Å². The fraction of sp³-hybridized carbons (Fsp3) is 0.655. The lowest BCUT2D eigenvalue weighted by molar-refractivity contribution is -0.143. The highest BCUT2D eigenvalue weighted by Gasteiger charge is 2.39. The molecule has 0 bridgehead atoms. The van der Waals surface area contributed by atoms with Gasteiger partial charge in [-0.15, -0.1) is 11.3 Å². The van der Waals surface area contributed by atoms with Crippen LogP contribution in [-0.2, 0) is 49.4 Å². The zero-order valence-corrected chi connectivity index (χ0v) is 46.5. The summed E-state index contributed by atoms with van der Waals surface area (Å²) in [6.45, 7) is 14.8. The van der Waals surface area contributed by atoms with Crippen molar-refractivity contribution in [1.82, 2.24) is 46.5 Å². The van der Waals surface area contributed by atoms with Crippen LogP contribution in [0.1, 0.15) is 157 Å². The standard InChI is InChI=1S/C55H83N9O11S/c1-8-25-63(54(71)49(37(6)10-3)59-52(70)43-20-15-17-26-62(43)7)44(36(4)5)34-45(74-28-9-2)53-58-42(35-76-53)51(69)57-39-32-38-18-13-14-19-40(38)41(33-39)50(68)60-61-55(72)75-31-30-73-29-24-56-46(65)21-12-11-16-27-64-47(66)22-23-48(64)67/h13-14,18-19,22-23,35-37,39,41,43-45,49H,8-12,15-17,20-21,24-34H2,1-7H3,(H,56,65)(H,57,69)(H,59,70)(H,60,68)(H,61,72)/t37-,39-,41+,43+,44?,45+,49-/m0/s1. The van der Waals surface area contributed by atoms with Crippen molar-refractivity contribution in [3.63, 3.8) is 0 Å². The molecule has 3 heterocycles. The van der Waals surface area contributed by atoms with Gasteiger partial charge in [0.25, 0.3) is 17.7 Å². The summed E-state index contributed by atoms with van der Waals surface area (Å²) in [7, 11) is 1.97. The monoisotopic (exact) mass is 1080 g/mol. The molecule has 76 heavy (non-hydrogen) atoms. The van der Waals surface area contributed by atoms with E-state index in [1.165, 1.54) is 28.4 Å². The number of amides is 8. The second-order valence-corrected chi connectivity index (χ2v) is 21.3. The van der Waals surface area contributed by atoms with Crippen molar-refractivity contribution in [2.45, 2.75) is 161 Å². The summed E-state index contributed by atoms with van der Waals surface area (Å²) in [4.78, 5) is 114. The van der Waals surface area contributed by atoms with Gasteiger partial charge in [-0.1, -0.05) is 85.1 Å². The molecule has 7 atom stereocenters. The molecule has 5 rings (SSSR count). The van der Waals surface area contributed by atoms with Crippen LogP contribution in [0.15, 0.2) is 41.8 Å². The predicted octanol–water partition coefficient (Wildman–Crippen LogP) is 5.48. The molecule has 0 radical (unpaired) electrons. The number of likely N-dealkylation sites (tertiary alicyclic amines) is 1. The molecule has 0 saturated carbocycles. The van der Waals surface area contributed by atoms with Gasteiger partial charge in [-0.25, -0.2) is 15.2 Å². The Morgan fingerprint density at radius 3 is 2.37 bits per heavy atom. The van der Waals surface area contributed by atoms with Gasteiger partial charge in [0.2, 0.25) is 23.6 Å². The number of hydrogen-bond donors (Lipinski definition) is 5. The number of likely N-dealkylation sites (N-methyl/N-ethyl adjacent to an activating group) is 1. The van der Waals surface area contributed by atoms with Gasteiger partial charge in [-0.3, -0.25) is 48.8 Å². The molecule has 21 heteroatoms. The Hall–Kier alpha value is -5.77. The Labute approximate surface area is 452 Å². The number of unbranched alkanes of at least 4 members (excludes halogenated alkanes) is 2. The van der Waals surface area contributed by atoms with Gasteiger partial charge in [0.1, 0.15) is 29.5 Å². The fourth-order valence-electron chi connectivity index (χ4n) is 9.92. The molecule has 5 N–H and O–H groups in total. The van der Waals surface area contributed by atoms with Crippen LogP contribution in [0, 0.1) is 11.8 Å². The number of fused-ring (bicyclic) bond motifs is 1. The SMILES string of the molecule is CCCO[C@H](CC(C(C)C)N(CCC)C(=O)[C@@H](NC(=O)[C@H]1CCCCN1C)[C@@H](C)CC)c1nc(C(=O)N[C@H]2Cc3ccccc3[C@H](C(=O)NNC(=O)OCCOCCNC(=O)CCCCCN3C(=O)C=CC3=O)C2)cs1. The van der Waals surface area contributed by atoms with Crippen molar-refractivity contribution in [3.8, 4) is 0 Å². The van der Waals surface area contributed by atoms with Gasteiger partial charge in [0.05, 0.1) is 25.2 Å². The van der Waals surface area contributed by atoms with Crippen molar-refractivity contribution >= 4 is 58.8 Å². The first-order valence-corrected chi connectivity index (χ1v) is 28.3. The first kappa shape index (κ1) is 61.1. The lowest BCUT2D eigenvalue weighted by atomic mass is 9.79. The van der Waals surface area contributed by atoms with Crippen LogP contribution in [-0.4, -0.2) is 151 Å². The molecule has 3 aliphatic rings. The molecule has 2 aliphatic heterocycles. The zero-order chi connectivity index (χ0) is 55.1. The van der Waals surface area contributed by atoms with E-state index in [0.717, 1.165) is 56.2 Å². The second-order valence-electron chi connectivity index (χ2n) is 20.4. The highest BCUT2D eigenvalue weighted by Crippen LogP contribution is 2.34. The topological polar surface area (TPSA) is 247 Å². The van der Waals surface area contributed by atoms with E-state index in [4.69, 9.17) is 19.2 Å². The third-order valence-electron chi connectivity index (χ3n) is 14.3. The summed E-state index contributed by atoms with van der Waals surface area (Å²) in [6.07, 6.45) is 9.48. The molecule has 1 unspecified atom stereocenters. The quantitative estimate of drug-likeness (QED) is 0.0370. The summed E-state index contributed by atoms with van der Waals surface area (Å²) in [5, 5.41) is 11.4. The van der Waals surface area contributed by atoms with Crippen LogP contribution >= 0.6 is 11.3 Å². The number of nitrogens with zero attached hydrogens (tertiary/aromatic N) is 4. The molecule has 0 spiro atoms. The molecule has 1 saturated heterocycles. The van der Waals surface area contributed by atoms with Crippen LogP contribution in [0.4, 0.5) is 4.79 Å². The number of carbonyl (C=O) groups is 8. The van der Waals surface area contributed by atoms with E-state index in [0.29, 0.717) is 63.2 Å². The molecule has 8 amide bonds. The van der Waals surface area contributed by atoms with E-state index in [1.807, 2.05) is 63.9 Å². The van der Waals surface area contributed by atoms with Gasteiger partial charge in [0.15, 0.2) is 0 Å². The maximum atomic E-state index is 14.8. The Morgan fingerprint density at radius 1 is 0.895 bits per heavy atom. The summed E-state index contributed by atoms with van der Waals surface area (Å²) in [5.74, 6) is -2.62. The van der Waals surface area contributed by atoms with E-state index < -0.39 is 42.0 Å². The van der Waals surface area contributed by atoms with E-state index in [9.17, 15) is 38.4 Å². The van der Waals surface area contributed by atoms with Crippen LogP contribution < -0.4 is 26.8 Å². The van der Waals surface area contributed by atoms with Crippen molar-refractivity contribution < 1.29 is 52.6 Å². The van der Waals surface area contributed by atoms with E-state index in [2.05, 4.69) is 45.5 Å². The number of rotatable bonds is 30. The molecule has 1 aliphatic carbocycles. The number of carbonyl (C=O) groups excluding carboxylic acids is 8. The molecule has 420 valence electrons. The predicted molar refractivity (Wildman–Crippen MR) is 288 cm³/mol. The molecule has 20 nitrogen and oxygen atoms in total. The van der Waals surface area contributed by atoms with Gasteiger partial charge < -0.3 is 35.1 Å². The highest BCUT2D eigenvalue weighted by molar-refractivity contribution is 7.09. The van der Waals surface area contributed by atoms with Crippen molar-refractivity contribution in [1.29, 1.82) is 0 Å². The van der Waals surface area contributed by atoms with Crippen LogP contribution in [0.5, 0.6) is 0 Å². The number of benzene rings is 1. The lowest BCUT2D eigenvalue weighted by Gasteiger charge is -2.40. The Morgan fingerprint density at radius 2 is 1.66 bits per heavy atom. The van der Waals surface area contributed by atoms with Crippen molar-refractivity contribution in [3.05, 3.63) is 63.6 Å². The summed E-state index contributed by atoms with van der Waals surface area (Å²) < 4.78 is 17.1. The Kier molecular flexibility index (Phi) is 25.3. The van der Waals surface area contributed by atoms with Crippen LogP contribution in [0.3, 0.4) is 0 Å². The largest absolute Gasteiger partial charge is 0.446 e. The third kappa shape index (κ3) is 18.2. The number of hydrazine groups is 1. The summed E-state index contributed by atoms with van der Waals surface area (Å²) >= 11 is 1.33. The first-order valence-electron chi connectivity index (χ1n) is 27.4. The zero-order valence-electron chi connectivity index (χ0n) is 45.7. The van der Waals surface area contributed by atoms with Crippen molar-refractivity contribution in [2.75, 3.05) is 59.7 Å². The lowest BCUT2D eigenvalue weighted by Crippen LogP contribution is -2.58. The Balaban J connectivity index is 1.10. The Bertz CT molecular complexity index is 2280. The normalized spacial score (nSPS) is 19.1. The molecule has 1 fully saturated rings. The molecule has 2 aromatic rings.